The Balaban J connectivity index is 1.70. The van der Waals surface area contributed by atoms with E-state index in [9.17, 15) is 4.79 Å². The van der Waals surface area contributed by atoms with Gasteiger partial charge in [-0.1, -0.05) is 46.9 Å². The Hall–Kier alpha value is -2.86. The Kier molecular flexibility index (Phi) is 8.50. The number of carbonyl (C=O) groups excluding carboxylic acids is 1. The van der Waals surface area contributed by atoms with Gasteiger partial charge in [-0.05, 0) is 54.5 Å². The molecule has 0 bridgehead atoms. The third kappa shape index (κ3) is 6.35. The first-order valence-electron chi connectivity index (χ1n) is 9.89. The van der Waals surface area contributed by atoms with E-state index in [1.54, 1.807) is 55.7 Å². The summed E-state index contributed by atoms with van der Waals surface area (Å²) in [6.45, 7) is 2.04. The standard InChI is InChI=1S/C25H22Cl3NO4/c1-15-11-21(23(31-2)13-20(15)28)29-25(30)10-8-16-7-9-22(24(12-16)32-3)33-14-17-18(26)5-4-6-19(17)27/h4-13H,14H2,1-3H3,(H,29,30)/b10-8+. The molecule has 0 heterocycles. The van der Waals surface area contributed by atoms with E-state index in [0.717, 1.165) is 11.1 Å². The van der Waals surface area contributed by atoms with Crippen molar-refractivity contribution in [2.45, 2.75) is 13.5 Å². The van der Waals surface area contributed by atoms with Crippen molar-refractivity contribution in [3.8, 4) is 17.2 Å². The molecule has 0 aromatic heterocycles. The molecule has 1 N–H and O–H groups in total. The summed E-state index contributed by atoms with van der Waals surface area (Å²) >= 11 is 18.5. The zero-order valence-electron chi connectivity index (χ0n) is 18.2. The Morgan fingerprint density at radius 2 is 1.61 bits per heavy atom. The van der Waals surface area contributed by atoms with E-state index in [4.69, 9.17) is 49.0 Å². The maximum absolute atomic E-state index is 12.4. The maximum atomic E-state index is 12.4. The van der Waals surface area contributed by atoms with Gasteiger partial charge in [0.1, 0.15) is 12.4 Å². The number of methoxy groups -OCH3 is 2. The number of hydrogen-bond acceptors (Lipinski definition) is 4. The molecule has 0 saturated heterocycles. The molecular formula is C25H22Cl3NO4. The number of ether oxygens (including phenoxy) is 3. The number of benzene rings is 3. The van der Waals surface area contributed by atoms with E-state index in [0.29, 0.717) is 43.6 Å². The second kappa shape index (κ2) is 11.3. The van der Waals surface area contributed by atoms with Crippen LogP contribution in [0.15, 0.2) is 54.6 Å². The van der Waals surface area contributed by atoms with Crippen LogP contribution in [-0.4, -0.2) is 20.1 Å². The van der Waals surface area contributed by atoms with Gasteiger partial charge < -0.3 is 19.5 Å². The van der Waals surface area contributed by atoms with Crippen molar-refractivity contribution in [1.82, 2.24) is 0 Å². The van der Waals surface area contributed by atoms with Gasteiger partial charge in [-0.25, -0.2) is 0 Å². The number of hydrogen-bond donors (Lipinski definition) is 1. The lowest BCUT2D eigenvalue weighted by Crippen LogP contribution is -2.09. The highest BCUT2D eigenvalue weighted by molar-refractivity contribution is 6.36. The summed E-state index contributed by atoms with van der Waals surface area (Å²) in [5.41, 5.74) is 2.81. The van der Waals surface area contributed by atoms with E-state index in [1.807, 2.05) is 13.0 Å². The number of nitrogens with one attached hydrogen (secondary N) is 1. The summed E-state index contributed by atoms with van der Waals surface area (Å²) < 4.78 is 16.6. The summed E-state index contributed by atoms with van der Waals surface area (Å²) in [7, 11) is 3.06. The molecule has 172 valence electrons. The summed E-state index contributed by atoms with van der Waals surface area (Å²) in [6.07, 6.45) is 3.09. The lowest BCUT2D eigenvalue weighted by Gasteiger charge is -2.13. The lowest BCUT2D eigenvalue weighted by atomic mass is 10.1. The molecular weight excluding hydrogens is 485 g/mol. The second-order valence-corrected chi connectivity index (χ2v) is 8.25. The number of halogens is 3. The molecule has 3 rings (SSSR count). The van der Waals surface area contributed by atoms with Crippen LogP contribution in [0.2, 0.25) is 15.1 Å². The highest BCUT2D eigenvalue weighted by Gasteiger charge is 2.11. The smallest absolute Gasteiger partial charge is 0.248 e. The van der Waals surface area contributed by atoms with Gasteiger partial charge in [-0.3, -0.25) is 4.79 Å². The Morgan fingerprint density at radius 3 is 2.27 bits per heavy atom. The molecule has 0 unspecified atom stereocenters. The molecule has 8 heteroatoms. The highest BCUT2D eigenvalue weighted by Crippen LogP contribution is 2.33. The molecule has 1 amide bonds. The fourth-order valence-electron chi connectivity index (χ4n) is 3.00. The van der Waals surface area contributed by atoms with Gasteiger partial charge in [0.25, 0.3) is 0 Å². The van der Waals surface area contributed by atoms with Crippen LogP contribution in [0.4, 0.5) is 5.69 Å². The van der Waals surface area contributed by atoms with Crippen LogP contribution in [0, 0.1) is 6.92 Å². The number of rotatable bonds is 8. The maximum Gasteiger partial charge on any atom is 0.248 e. The molecule has 0 fully saturated rings. The monoisotopic (exact) mass is 505 g/mol. The Morgan fingerprint density at radius 1 is 0.909 bits per heavy atom. The Labute approximate surface area is 207 Å². The number of anilines is 1. The number of amides is 1. The van der Waals surface area contributed by atoms with Crippen LogP contribution in [0.1, 0.15) is 16.7 Å². The zero-order chi connectivity index (χ0) is 24.0. The quantitative estimate of drug-likeness (QED) is 0.328. The van der Waals surface area contributed by atoms with Crippen molar-refractivity contribution in [1.29, 1.82) is 0 Å². The molecule has 0 aliphatic carbocycles. The molecule has 0 saturated carbocycles. The molecule has 3 aromatic rings. The molecule has 0 spiro atoms. The molecule has 3 aromatic carbocycles. The normalized spacial score (nSPS) is 10.8. The summed E-state index contributed by atoms with van der Waals surface area (Å²) in [5, 5.41) is 4.41. The van der Waals surface area contributed by atoms with Gasteiger partial charge in [-0.15, -0.1) is 0 Å². The van der Waals surface area contributed by atoms with Crippen LogP contribution in [0.5, 0.6) is 17.2 Å². The molecule has 0 radical (unpaired) electrons. The molecule has 33 heavy (non-hydrogen) atoms. The van der Waals surface area contributed by atoms with Crippen molar-refractivity contribution in [3.63, 3.8) is 0 Å². The van der Waals surface area contributed by atoms with Gasteiger partial charge in [0.15, 0.2) is 11.5 Å². The second-order valence-electron chi connectivity index (χ2n) is 7.02. The van der Waals surface area contributed by atoms with Crippen molar-refractivity contribution >= 4 is 52.5 Å². The predicted molar refractivity (Wildman–Crippen MR) is 134 cm³/mol. The van der Waals surface area contributed by atoms with Gasteiger partial charge in [-0.2, -0.15) is 0 Å². The first-order chi connectivity index (χ1) is 15.8. The summed E-state index contributed by atoms with van der Waals surface area (Å²) in [5.74, 6) is 1.20. The predicted octanol–water partition coefficient (Wildman–Crippen LogP) is 7.20. The zero-order valence-corrected chi connectivity index (χ0v) is 20.5. The number of aryl methyl sites for hydroxylation is 1. The molecule has 5 nitrogen and oxygen atoms in total. The van der Waals surface area contributed by atoms with Crippen molar-refractivity contribution in [2.75, 3.05) is 19.5 Å². The van der Waals surface area contributed by atoms with E-state index in [-0.39, 0.29) is 12.5 Å². The van der Waals surface area contributed by atoms with Crippen LogP contribution in [-0.2, 0) is 11.4 Å². The van der Waals surface area contributed by atoms with E-state index >= 15 is 0 Å². The fraction of sp³-hybridized carbons (Fsp3) is 0.160. The van der Waals surface area contributed by atoms with E-state index < -0.39 is 0 Å². The van der Waals surface area contributed by atoms with E-state index in [1.165, 1.54) is 13.2 Å². The van der Waals surface area contributed by atoms with Crippen LogP contribution < -0.4 is 19.5 Å². The lowest BCUT2D eigenvalue weighted by molar-refractivity contribution is -0.111. The third-order valence-electron chi connectivity index (χ3n) is 4.79. The first kappa shape index (κ1) is 24.8. The van der Waals surface area contributed by atoms with Crippen molar-refractivity contribution in [2.24, 2.45) is 0 Å². The molecule has 0 aliphatic rings. The first-order valence-corrected chi connectivity index (χ1v) is 11.0. The van der Waals surface area contributed by atoms with Gasteiger partial charge in [0.05, 0.1) is 19.9 Å². The Bertz CT molecular complexity index is 1170. The molecule has 0 aliphatic heterocycles. The summed E-state index contributed by atoms with van der Waals surface area (Å²) in [4.78, 5) is 12.4. The van der Waals surface area contributed by atoms with Gasteiger partial charge >= 0.3 is 0 Å². The van der Waals surface area contributed by atoms with Crippen LogP contribution in [0.3, 0.4) is 0 Å². The summed E-state index contributed by atoms with van der Waals surface area (Å²) in [6, 6.07) is 14.0. The SMILES string of the molecule is COc1cc(Cl)c(C)cc1NC(=O)/C=C/c1ccc(OCc2c(Cl)cccc2Cl)c(OC)c1. The van der Waals surface area contributed by atoms with Gasteiger partial charge in [0, 0.05) is 32.8 Å². The van der Waals surface area contributed by atoms with Gasteiger partial charge in [0.2, 0.25) is 5.91 Å². The molecule has 0 atom stereocenters. The van der Waals surface area contributed by atoms with Crippen LogP contribution >= 0.6 is 34.8 Å². The third-order valence-corrected chi connectivity index (χ3v) is 5.90. The largest absolute Gasteiger partial charge is 0.495 e. The minimum atomic E-state index is -0.317. The minimum Gasteiger partial charge on any atom is -0.495 e. The minimum absolute atomic E-state index is 0.189. The van der Waals surface area contributed by atoms with Crippen molar-refractivity contribution in [3.05, 3.63) is 86.4 Å². The average Bonchev–Trinajstić information content (AvgIpc) is 2.80. The average molecular weight is 507 g/mol. The van der Waals surface area contributed by atoms with E-state index in [2.05, 4.69) is 5.32 Å². The van der Waals surface area contributed by atoms with Crippen LogP contribution in [0.25, 0.3) is 6.08 Å². The topological polar surface area (TPSA) is 56.8 Å². The highest BCUT2D eigenvalue weighted by atomic mass is 35.5. The fourth-order valence-corrected chi connectivity index (χ4v) is 3.66. The number of carbonyl (C=O) groups is 1. The van der Waals surface area contributed by atoms with Crippen molar-refractivity contribution < 1.29 is 19.0 Å².